The Kier molecular flexibility index (Phi) is 1.20. The van der Waals surface area contributed by atoms with Crippen molar-refractivity contribution in [1.29, 1.82) is 0 Å². The van der Waals surface area contributed by atoms with E-state index in [2.05, 4.69) is 18.1 Å². The summed E-state index contributed by atoms with van der Waals surface area (Å²) in [4.78, 5) is 0. The lowest BCUT2D eigenvalue weighted by Crippen LogP contribution is -2.14. The average molecular weight is 174 g/mol. The van der Waals surface area contributed by atoms with Gasteiger partial charge in [-0.3, -0.25) is 4.68 Å². The van der Waals surface area contributed by atoms with Crippen molar-refractivity contribution in [1.82, 2.24) is 9.78 Å². The van der Waals surface area contributed by atoms with Crippen LogP contribution in [0.5, 0.6) is 5.75 Å². The smallest absolute Gasteiger partial charge is 0.145 e. The van der Waals surface area contributed by atoms with Gasteiger partial charge in [-0.1, -0.05) is 6.07 Å². The zero-order chi connectivity index (χ0) is 8.84. The molecule has 3 rings (SSSR count). The first-order valence-corrected chi connectivity index (χ1v) is 4.44. The van der Waals surface area contributed by atoms with Crippen LogP contribution in [-0.2, 0) is 6.54 Å². The van der Waals surface area contributed by atoms with E-state index >= 15 is 0 Å². The summed E-state index contributed by atoms with van der Waals surface area (Å²) >= 11 is 0. The fourth-order valence-corrected chi connectivity index (χ4v) is 1.83. The second-order valence-electron chi connectivity index (χ2n) is 3.36. The summed E-state index contributed by atoms with van der Waals surface area (Å²) in [5.41, 5.74) is 2.40. The van der Waals surface area contributed by atoms with E-state index in [0.717, 1.165) is 24.4 Å². The average Bonchev–Trinajstić information content (AvgIpc) is 2.57. The summed E-state index contributed by atoms with van der Waals surface area (Å²) in [6.45, 7) is 3.69. The number of benzene rings is 1. The van der Waals surface area contributed by atoms with Crippen LogP contribution in [0.4, 0.5) is 0 Å². The van der Waals surface area contributed by atoms with E-state index in [9.17, 15) is 0 Å². The minimum absolute atomic E-state index is 0.729. The molecule has 0 radical (unpaired) electrons. The summed E-state index contributed by atoms with van der Waals surface area (Å²) in [6.07, 6.45) is 1.92. The number of hydrogen-bond acceptors (Lipinski definition) is 2. The van der Waals surface area contributed by atoms with Crippen LogP contribution in [0.25, 0.3) is 10.9 Å². The maximum Gasteiger partial charge on any atom is 0.145 e. The third-order valence-corrected chi connectivity index (χ3v) is 2.54. The van der Waals surface area contributed by atoms with Gasteiger partial charge in [0.05, 0.1) is 12.7 Å². The first kappa shape index (κ1) is 6.95. The molecule has 0 bridgehead atoms. The van der Waals surface area contributed by atoms with E-state index in [1.165, 1.54) is 10.9 Å². The van der Waals surface area contributed by atoms with Gasteiger partial charge in [-0.2, -0.15) is 5.10 Å². The van der Waals surface area contributed by atoms with Crippen LogP contribution in [0.2, 0.25) is 0 Å². The number of nitrogens with zero attached hydrogens (tertiary/aromatic N) is 2. The first-order valence-electron chi connectivity index (χ1n) is 4.44. The number of aryl methyl sites for hydroxylation is 1. The Morgan fingerprint density at radius 2 is 2.38 bits per heavy atom. The van der Waals surface area contributed by atoms with E-state index in [0.29, 0.717) is 0 Å². The van der Waals surface area contributed by atoms with Crippen LogP contribution < -0.4 is 4.74 Å². The molecule has 0 atom stereocenters. The molecule has 1 aliphatic rings. The maximum atomic E-state index is 5.55. The second-order valence-corrected chi connectivity index (χ2v) is 3.36. The Balaban J connectivity index is 2.50. The van der Waals surface area contributed by atoms with Gasteiger partial charge in [-0.25, -0.2) is 0 Å². The van der Waals surface area contributed by atoms with E-state index in [1.807, 2.05) is 16.9 Å². The van der Waals surface area contributed by atoms with Crippen LogP contribution in [0.1, 0.15) is 5.56 Å². The molecule has 13 heavy (non-hydrogen) atoms. The van der Waals surface area contributed by atoms with Gasteiger partial charge in [0.15, 0.2) is 0 Å². The van der Waals surface area contributed by atoms with Crippen LogP contribution in [-0.4, -0.2) is 16.4 Å². The van der Waals surface area contributed by atoms with Crippen molar-refractivity contribution in [3.8, 4) is 5.75 Å². The molecule has 3 nitrogen and oxygen atoms in total. The van der Waals surface area contributed by atoms with Crippen LogP contribution in [0.15, 0.2) is 18.3 Å². The van der Waals surface area contributed by atoms with Crippen LogP contribution in [0, 0.1) is 6.92 Å². The molecule has 0 saturated carbocycles. The third-order valence-electron chi connectivity index (χ3n) is 2.54. The molecule has 0 fully saturated rings. The summed E-state index contributed by atoms with van der Waals surface area (Å²) in [6, 6.07) is 4.10. The van der Waals surface area contributed by atoms with Gasteiger partial charge in [0.1, 0.15) is 17.9 Å². The summed E-state index contributed by atoms with van der Waals surface area (Å²) in [5, 5.41) is 5.53. The molecule has 2 heterocycles. The van der Waals surface area contributed by atoms with Gasteiger partial charge < -0.3 is 4.74 Å². The van der Waals surface area contributed by atoms with E-state index in [-0.39, 0.29) is 0 Å². The molecule has 1 aromatic heterocycles. The molecule has 1 aliphatic heterocycles. The van der Waals surface area contributed by atoms with E-state index < -0.39 is 0 Å². The fourth-order valence-electron chi connectivity index (χ4n) is 1.83. The molecule has 1 aromatic carbocycles. The van der Waals surface area contributed by atoms with Crippen molar-refractivity contribution in [3.63, 3.8) is 0 Å². The van der Waals surface area contributed by atoms with Gasteiger partial charge in [0, 0.05) is 5.39 Å². The molecule has 2 aromatic rings. The highest BCUT2D eigenvalue weighted by Gasteiger charge is 2.14. The van der Waals surface area contributed by atoms with Gasteiger partial charge >= 0.3 is 0 Å². The lowest BCUT2D eigenvalue weighted by Gasteiger charge is -2.15. The maximum absolute atomic E-state index is 5.55. The lowest BCUT2D eigenvalue weighted by molar-refractivity contribution is 0.278. The Hall–Kier alpha value is -1.51. The predicted molar refractivity (Wildman–Crippen MR) is 50.0 cm³/mol. The number of aromatic nitrogens is 2. The molecule has 0 saturated heterocycles. The van der Waals surface area contributed by atoms with Crippen molar-refractivity contribution < 1.29 is 4.74 Å². The fraction of sp³-hybridized carbons (Fsp3) is 0.300. The highest BCUT2D eigenvalue weighted by atomic mass is 16.5. The highest BCUT2D eigenvalue weighted by molar-refractivity contribution is 5.87. The molecule has 3 heteroatoms. The number of hydrogen-bond donors (Lipinski definition) is 0. The van der Waals surface area contributed by atoms with Gasteiger partial charge in [-0.05, 0) is 18.6 Å². The lowest BCUT2D eigenvalue weighted by atomic mass is 10.1. The number of rotatable bonds is 0. The second kappa shape index (κ2) is 2.25. The number of ether oxygens (including phenoxy) is 1. The van der Waals surface area contributed by atoms with Crippen molar-refractivity contribution in [3.05, 3.63) is 23.9 Å². The molecule has 0 amide bonds. The van der Waals surface area contributed by atoms with Crippen molar-refractivity contribution in [2.75, 3.05) is 6.61 Å². The van der Waals surface area contributed by atoms with Crippen molar-refractivity contribution >= 4 is 10.9 Å². The minimum atomic E-state index is 0.729. The standard InChI is InChI=1S/C10H10N2O/c1-7-2-3-9-10-8(7)6-11-12(10)4-5-13-9/h2-3,6H,4-5H2,1H3. The normalized spacial score (nSPS) is 14.5. The SMILES string of the molecule is Cc1ccc2c3c1cnn3CCO2. The molecular formula is C10H10N2O. The van der Waals surface area contributed by atoms with Gasteiger partial charge in [-0.15, -0.1) is 0 Å². The van der Waals surface area contributed by atoms with Crippen LogP contribution >= 0.6 is 0 Å². The van der Waals surface area contributed by atoms with Gasteiger partial charge in [0.25, 0.3) is 0 Å². The Morgan fingerprint density at radius 3 is 3.31 bits per heavy atom. The Morgan fingerprint density at radius 1 is 1.46 bits per heavy atom. The monoisotopic (exact) mass is 174 g/mol. The topological polar surface area (TPSA) is 27.1 Å². The zero-order valence-corrected chi connectivity index (χ0v) is 7.45. The quantitative estimate of drug-likeness (QED) is 0.608. The van der Waals surface area contributed by atoms with Crippen molar-refractivity contribution in [2.24, 2.45) is 0 Å². The highest BCUT2D eigenvalue weighted by Crippen LogP contribution is 2.30. The molecular weight excluding hydrogens is 164 g/mol. The zero-order valence-electron chi connectivity index (χ0n) is 7.45. The van der Waals surface area contributed by atoms with E-state index in [4.69, 9.17) is 4.74 Å². The largest absolute Gasteiger partial charge is 0.489 e. The van der Waals surface area contributed by atoms with Crippen molar-refractivity contribution in [2.45, 2.75) is 13.5 Å². The van der Waals surface area contributed by atoms with Gasteiger partial charge in [0.2, 0.25) is 0 Å². The summed E-state index contributed by atoms with van der Waals surface area (Å²) < 4.78 is 7.56. The molecule has 0 aliphatic carbocycles. The first-order chi connectivity index (χ1) is 6.36. The summed E-state index contributed by atoms with van der Waals surface area (Å²) in [7, 11) is 0. The molecule has 0 N–H and O–H groups in total. The molecule has 66 valence electrons. The van der Waals surface area contributed by atoms with E-state index in [1.54, 1.807) is 0 Å². The molecule has 0 unspecified atom stereocenters. The Bertz CT molecular complexity index is 473. The molecule has 0 spiro atoms. The third kappa shape index (κ3) is 0.813. The summed E-state index contributed by atoms with van der Waals surface area (Å²) in [5.74, 6) is 0.962. The van der Waals surface area contributed by atoms with Crippen LogP contribution in [0.3, 0.4) is 0 Å². The minimum Gasteiger partial charge on any atom is -0.489 e. The Labute approximate surface area is 75.9 Å². The predicted octanol–water partition coefficient (Wildman–Crippen LogP) is 1.74.